The van der Waals surface area contributed by atoms with Crippen LogP contribution in [-0.4, -0.2) is 5.91 Å². The Balaban J connectivity index is 2.14. The molecule has 0 aliphatic carbocycles. The van der Waals surface area contributed by atoms with Gasteiger partial charge in [-0.1, -0.05) is 23.7 Å². The number of primary amides is 1. The molecule has 2 N–H and O–H groups in total. The summed E-state index contributed by atoms with van der Waals surface area (Å²) < 4.78 is 5.55. The monoisotopic (exact) mass is 267 g/mol. The van der Waals surface area contributed by atoms with E-state index in [1.807, 2.05) is 11.4 Å². The lowest BCUT2D eigenvalue weighted by atomic mass is 10.2. The molecule has 3 nitrogen and oxygen atoms in total. The number of amides is 1. The summed E-state index contributed by atoms with van der Waals surface area (Å²) in [6.07, 6.45) is 0. The van der Waals surface area contributed by atoms with Gasteiger partial charge in [-0.15, -0.1) is 11.3 Å². The lowest BCUT2D eigenvalue weighted by Gasteiger charge is -2.08. The maximum atomic E-state index is 11.2. The normalized spacial score (nSPS) is 10.2. The van der Waals surface area contributed by atoms with Gasteiger partial charge < -0.3 is 10.5 Å². The van der Waals surface area contributed by atoms with Gasteiger partial charge in [0, 0.05) is 0 Å². The highest BCUT2D eigenvalue weighted by molar-refractivity contribution is 7.10. The smallest absolute Gasteiger partial charge is 0.252 e. The number of rotatable bonds is 4. The second-order valence-electron chi connectivity index (χ2n) is 3.34. The Morgan fingerprint density at radius 3 is 2.76 bits per heavy atom. The number of carbonyl (C=O) groups excluding carboxylic acids is 1. The molecule has 0 bridgehead atoms. The summed E-state index contributed by atoms with van der Waals surface area (Å²) in [5.74, 6) is -0.0256. The molecule has 2 rings (SSSR count). The van der Waals surface area contributed by atoms with Gasteiger partial charge in [-0.25, -0.2) is 0 Å². The molecule has 2 aromatic rings. The SMILES string of the molecule is NC(=O)c1ccccc1OCc1sccc1Cl. The first kappa shape index (κ1) is 12.0. The highest BCUT2D eigenvalue weighted by atomic mass is 35.5. The molecular formula is C12H10ClNO2S. The number of thiophene rings is 1. The minimum absolute atomic E-state index is 0.334. The van der Waals surface area contributed by atoms with Gasteiger partial charge in [0.05, 0.1) is 15.5 Å². The standard InChI is InChI=1S/C12H10ClNO2S/c13-9-5-6-17-11(9)7-16-10-4-2-1-3-8(10)12(14)15/h1-6H,7H2,(H2,14,15). The first-order valence-corrected chi connectivity index (χ1v) is 6.17. The van der Waals surface area contributed by atoms with Crippen molar-refractivity contribution in [2.24, 2.45) is 5.73 Å². The fraction of sp³-hybridized carbons (Fsp3) is 0.0833. The van der Waals surface area contributed by atoms with Crippen LogP contribution in [0.3, 0.4) is 0 Å². The highest BCUT2D eigenvalue weighted by Gasteiger charge is 2.09. The van der Waals surface area contributed by atoms with Crippen molar-refractivity contribution in [3.8, 4) is 5.75 Å². The average molecular weight is 268 g/mol. The van der Waals surface area contributed by atoms with E-state index in [0.717, 1.165) is 4.88 Å². The Kier molecular flexibility index (Phi) is 3.66. The summed E-state index contributed by atoms with van der Waals surface area (Å²) in [7, 11) is 0. The molecule has 0 unspecified atom stereocenters. The van der Waals surface area contributed by atoms with Crippen molar-refractivity contribution in [3.05, 3.63) is 51.2 Å². The van der Waals surface area contributed by atoms with Gasteiger partial charge in [-0.3, -0.25) is 4.79 Å². The topological polar surface area (TPSA) is 52.3 Å². The highest BCUT2D eigenvalue weighted by Crippen LogP contribution is 2.25. The molecule has 1 aromatic carbocycles. The molecular weight excluding hydrogens is 258 g/mol. The van der Waals surface area contributed by atoms with Crippen LogP contribution in [0.5, 0.6) is 5.75 Å². The zero-order chi connectivity index (χ0) is 12.3. The Hall–Kier alpha value is -1.52. The van der Waals surface area contributed by atoms with Crippen molar-refractivity contribution < 1.29 is 9.53 Å². The number of ether oxygens (including phenoxy) is 1. The summed E-state index contributed by atoms with van der Waals surface area (Å²) in [6.45, 7) is 0.334. The number of para-hydroxylation sites is 1. The number of benzene rings is 1. The van der Waals surface area contributed by atoms with Crippen molar-refractivity contribution in [1.82, 2.24) is 0 Å². The van der Waals surface area contributed by atoms with Crippen molar-refractivity contribution in [1.29, 1.82) is 0 Å². The zero-order valence-electron chi connectivity index (χ0n) is 8.85. The second kappa shape index (κ2) is 5.21. The van der Waals surface area contributed by atoms with E-state index >= 15 is 0 Å². The Morgan fingerprint density at radius 1 is 1.35 bits per heavy atom. The molecule has 1 heterocycles. The van der Waals surface area contributed by atoms with Gasteiger partial charge in [0.25, 0.3) is 5.91 Å². The minimum Gasteiger partial charge on any atom is -0.487 e. The predicted octanol–water partition coefficient (Wildman–Crippen LogP) is 3.08. The first-order chi connectivity index (χ1) is 8.18. The van der Waals surface area contributed by atoms with Gasteiger partial charge in [0.2, 0.25) is 0 Å². The van der Waals surface area contributed by atoms with Gasteiger partial charge in [0.1, 0.15) is 12.4 Å². The van der Waals surface area contributed by atoms with Crippen LogP contribution in [0, 0.1) is 0 Å². The third-order valence-corrected chi connectivity index (χ3v) is 3.56. The van der Waals surface area contributed by atoms with E-state index < -0.39 is 5.91 Å². The van der Waals surface area contributed by atoms with Crippen LogP contribution in [-0.2, 0) is 6.61 Å². The molecule has 0 spiro atoms. The van der Waals surface area contributed by atoms with Crippen LogP contribution in [0.25, 0.3) is 0 Å². The first-order valence-electron chi connectivity index (χ1n) is 4.92. The summed E-state index contributed by atoms with van der Waals surface area (Å²) in [5, 5.41) is 2.56. The lowest BCUT2D eigenvalue weighted by molar-refractivity contribution is 0.0996. The molecule has 17 heavy (non-hydrogen) atoms. The molecule has 88 valence electrons. The third-order valence-electron chi connectivity index (χ3n) is 2.20. The van der Waals surface area contributed by atoms with Crippen LogP contribution in [0.15, 0.2) is 35.7 Å². The predicted molar refractivity (Wildman–Crippen MR) is 68.6 cm³/mol. The molecule has 0 fully saturated rings. The lowest BCUT2D eigenvalue weighted by Crippen LogP contribution is -2.12. The van der Waals surface area contributed by atoms with Gasteiger partial charge in [-0.05, 0) is 23.6 Å². The molecule has 0 aliphatic heterocycles. The number of carbonyl (C=O) groups is 1. The largest absolute Gasteiger partial charge is 0.487 e. The quantitative estimate of drug-likeness (QED) is 0.925. The second-order valence-corrected chi connectivity index (χ2v) is 4.75. The summed E-state index contributed by atoms with van der Waals surface area (Å²) in [6, 6.07) is 8.68. The maximum absolute atomic E-state index is 11.2. The van der Waals surface area contributed by atoms with E-state index in [1.165, 1.54) is 11.3 Å². The molecule has 0 saturated heterocycles. The van der Waals surface area contributed by atoms with E-state index in [1.54, 1.807) is 24.3 Å². The van der Waals surface area contributed by atoms with Crippen LogP contribution in [0.1, 0.15) is 15.2 Å². The third kappa shape index (κ3) is 2.78. The maximum Gasteiger partial charge on any atom is 0.252 e. The van der Waals surface area contributed by atoms with Gasteiger partial charge >= 0.3 is 0 Å². The van der Waals surface area contributed by atoms with Crippen LogP contribution in [0.4, 0.5) is 0 Å². The number of halogens is 1. The number of hydrogen-bond donors (Lipinski definition) is 1. The molecule has 0 radical (unpaired) electrons. The van der Waals surface area contributed by atoms with Gasteiger partial charge in [0.15, 0.2) is 0 Å². The fourth-order valence-corrected chi connectivity index (χ4v) is 2.37. The van der Waals surface area contributed by atoms with Gasteiger partial charge in [-0.2, -0.15) is 0 Å². The van der Waals surface area contributed by atoms with Crippen molar-refractivity contribution in [2.45, 2.75) is 6.61 Å². The van der Waals surface area contributed by atoms with Crippen LogP contribution < -0.4 is 10.5 Å². The summed E-state index contributed by atoms with van der Waals surface area (Å²) >= 11 is 7.46. The van der Waals surface area contributed by atoms with Crippen molar-refractivity contribution in [2.75, 3.05) is 0 Å². The molecule has 1 aromatic heterocycles. The van der Waals surface area contributed by atoms with Crippen molar-refractivity contribution in [3.63, 3.8) is 0 Å². The van der Waals surface area contributed by atoms with E-state index in [-0.39, 0.29) is 0 Å². The number of nitrogens with two attached hydrogens (primary N) is 1. The van der Waals surface area contributed by atoms with Crippen LogP contribution in [0.2, 0.25) is 5.02 Å². The van der Waals surface area contributed by atoms with E-state index in [0.29, 0.717) is 22.9 Å². The Labute approximate surface area is 108 Å². The average Bonchev–Trinajstić information content (AvgIpc) is 2.72. The molecule has 0 saturated carbocycles. The van der Waals surface area contributed by atoms with E-state index in [9.17, 15) is 4.79 Å². The summed E-state index contributed by atoms with van der Waals surface area (Å²) in [5.41, 5.74) is 5.63. The Morgan fingerprint density at radius 2 is 2.12 bits per heavy atom. The summed E-state index contributed by atoms with van der Waals surface area (Å²) in [4.78, 5) is 12.1. The minimum atomic E-state index is -0.502. The fourth-order valence-electron chi connectivity index (χ4n) is 1.37. The molecule has 0 atom stereocenters. The molecule has 5 heteroatoms. The van der Waals surface area contributed by atoms with Crippen molar-refractivity contribution >= 4 is 28.8 Å². The number of hydrogen-bond acceptors (Lipinski definition) is 3. The molecule has 0 aliphatic rings. The van der Waals surface area contributed by atoms with Crippen LogP contribution >= 0.6 is 22.9 Å². The Bertz CT molecular complexity index is 539. The molecule has 1 amide bonds. The van der Waals surface area contributed by atoms with E-state index in [2.05, 4.69) is 0 Å². The van der Waals surface area contributed by atoms with E-state index in [4.69, 9.17) is 22.1 Å². The zero-order valence-corrected chi connectivity index (χ0v) is 10.4.